The predicted molar refractivity (Wildman–Crippen MR) is 79.5 cm³/mol. The normalized spacial score (nSPS) is 21.1. The third-order valence-corrected chi connectivity index (χ3v) is 3.71. The first kappa shape index (κ1) is 13.6. The van der Waals surface area contributed by atoms with Gasteiger partial charge in [-0.15, -0.1) is 0 Å². The van der Waals surface area contributed by atoms with E-state index in [4.69, 9.17) is 9.84 Å². The third kappa shape index (κ3) is 3.23. The first-order chi connectivity index (χ1) is 10.2. The van der Waals surface area contributed by atoms with E-state index in [9.17, 15) is 4.79 Å². The van der Waals surface area contributed by atoms with Gasteiger partial charge < -0.3 is 9.84 Å². The molecule has 1 aliphatic rings. The fraction of sp³-hybridized carbons (Fsp3) is 0.235. The molecule has 0 amide bonds. The van der Waals surface area contributed by atoms with Gasteiger partial charge in [-0.3, -0.25) is 10.1 Å². The van der Waals surface area contributed by atoms with Crippen LogP contribution in [-0.4, -0.2) is 17.1 Å². The van der Waals surface area contributed by atoms with E-state index in [2.05, 4.69) is 5.32 Å². The molecule has 1 fully saturated rings. The minimum absolute atomic E-state index is 0.108. The maximum Gasteiger partial charge on any atom is 0.320 e. The van der Waals surface area contributed by atoms with Crippen LogP contribution in [0.1, 0.15) is 24.4 Å². The lowest BCUT2D eigenvalue weighted by atomic mass is 10.1. The van der Waals surface area contributed by atoms with Gasteiger partial charge in [-0.2, -0.15) is 0 Å². The zero-order valence-electron chi connectivity index (χ0n) is 11.5. The molecule has 21 heavy (non-hydrogen) atoms. The molecule has 108 valence electrons. The number of hydrogen-bond acceptors (Lipinski definition) is 3. The van der Waals surface area contributed by atoms with E-state index in [1.807, 2.05) is 54.6 Å². The number of carboxylic acid groups (broad SMARTS) is 1. The molecule has 1 aliphatic heterocycles. The number of hydrogen-bond donors (Lipinski definition) is 2. The van der Waals surface area contributed by atoms with Gasteiger partial charge in [-0.1, -0.05) is 30.3 Å². The molecule has 0 bridgehead atoms. The first-order valence-corrected chi connectivity index (χ1v) is 7.04. The fourth-order valence-electron chi connectivity index (χ4n) is 2.59. The molecule has 0 saturated carbocycles. The largest absolute Gasteiger partial charge is 0.480 e. The summed E-state index contributed by atoms with van der Waals surface area (Å²) >= 11 is 0. The highest BCUT2D eigenvalue weighted by molar-refractivity contribution is 5.73. The molecule has 2 unspecified atom stereocenters. The Morgan fingerprint density at radius 1 is 1.00 bits per heavy atom. The standard InChI is InChI=1S/C17H17NO3/c19-17(20)16-11-10-15(18-16)12-6-8-14(9-7-12)21-13-4-2-1-3-5-13/h1-9,15-16,18H,10-11H2,(H,19,20). The average molecular weight is 283 g/mol. The molecule has 2 aromatic carbocycles. The van der Waals surface area contributed by atoms with Gasteiger partial charge >= 0.3 is 5.97 Å². The van der Waals surface area contributed by atoms with Gasteiger partial charge in [0.25, 0.3) is 0 Å². The summed E-state index contributed by atoms with van der Waals surface area (Å²) in [5, 5.41) is 12.1. The number of aliphatic carboxylic acids is 1. The fourth-order valence-corrected chi connectivity index (χ4v) is 2.59. The van der Waals surface area contributed by atoms with Gasteiger partial charge in [-0.05, 0) is 42.7 Å². The van der Waals surface area contributed by atoms with Crippen LogP contribution in [0.3, 0.4) is 0 Å². The van der Waals surface area contributed by atoms with Crippen LogP contribution in [0.5, 0.6) is 11.5 Å². The summed E-state index contributed by atoms with van der Waals surface area (Å²) in [6.07, 6.45) is 1.51. The minimum Gasteiger partial charge on any atom is -0.480 e. The van der Waals surface area contributed by atoms with Crippen molar-refractivity contribution in [3.63, 3.8) is 0 Å². The van der Waals surface area contributed by atoms with Gasteiger partial charge in [0.15, 0.2) is 0 Å². The number of para-hydroxylation sites is 1. The molecule has 1 saturated heterocycles. The Morgan fingerprint density at radius 2 is 1.67 bits per heavy atom. The average Bonchev–Trinajstić information content (AvgIpc) is 2.99. The van der Waals surface area contributed by atoms with E-state index in [1.165, 1.54) is 0 Å². The Hall–Kier alpha value is -2.33. The van der Waals surface area contributed by atoms with Crippen LogP contribution in [0.2, 0.25) is 0 Å². The number of nitrogens with one attached hydrogen (secondary N) is 1. The number of benzene rings is 2. The molecule has 4 heteroatoms. The summed E-state index contributed by atoms with van der Waals surface area (Å²) in [6, 6.07) is 17.1. The Bertz CT molecular complexity index is 610. The lowest BCUT2D eigenvalue weighted by Crippen LogP contribution is -2.31. The van der Waals surface area contributed by atoms with Crippen LogP contribution in [0.15, 0.2) is 54.6 Å². The summed E-state index contributed by atoms with van der Waals surface area (Å²) in [5.74, 6) is 0.800. The van der Waals surface area contributed by atoms with Crippen LogP contribution < -0.4 is 10.1 Å². The highest BCUT2D eigenvalue weighted by Crippen LogP contribution is 2.29. The van der Waals surface area contributed by atoms with Gasteiger partial charge in [-0.25, -0.2) is 0 Å². The van der Waals surface area contributed by atoms with Crippen molar-refractivity contribution in [2.24, 2.45) is 0 Å². The van der Waals surface area contributed by atoms with Crippen molar-refractivity contribution in [1.82, 2.24) is 5.32 Å². The summed E-state index contributed by atoms with van der Waals surface area (Å²) in [6.45, 7) is 0. The topological polar surface area (TPSA) is 58.6 Å². The van der Waals surface area contributed by atoms with Gasteiger partial charge in [0.05, 0.1) is 0 Å². The molecule has 3 rings (SSSR count). The highest BCUT2D eigenvalue weighted by atomic mass is 16.5. The Kier molecular flexibility index (Phi) is 3.88. The van der Waals surface area contributed by atoms with Crippen molar-refractivity contribution in [3.8, 4) is 11.5 Å². The zero-order chi connectivity index (χ0) is 14.7. The van der Waals surface area contributed by atoms with E-state index in [0.717, 1.165) is 23.5 Å². The molecule has 2 atom stereocenters. The number of carboxylic acids is 1. The van der Waals surface area contributed by atoms with Crippen molar-refractivity contribution in [2.45, 2.75) is 24.9 Å². The molecular formula is C17H17NO3. The molecule has 0 spiro atoms. The second kappa shape index (κ2) is 5.97. The van der Waals surface area contributed by atoms with Gasteiger partial charge in [0.1, 0.15) is 17.5 Å². The van der Waals surface area contributed by atoms with E-state index < -0.39 is 12.0 Å². The second-order valence-electron chi connectivity index (χ2n) is 5.17. The lowest BCUT2D eigenvalue weighted by molar-refractivity contribution is -0.139. The molecule has 0 radical (unpaired) electrons. The highest BCUT2D eigenvalue weighted by Gasteiger charge is 2.29. The molecule has 2 aromatic rings. The SMILES string of the molecule is O=C(O)C1CCC(c2ccc(Oc3ccccc3)cc2)N1. The second-order valence-corrected chi connectivity index (χ2v) is 5.17. The van der Waals surface area contributed by atoms with Crippen molar-refractivity contribution in [3.05, 3.63) is 60.2 Å². The van der Waals surface area contributed by atoms with Crippen LogP contribution in [-0.2, 0) is 4.79 Å². The smallest absolute Gasteiger partial charge is 0.320 e. The maximum absolute atomic E-state index is 11.0. The molecule has 4 nitrogen and oxygen atoms in total. The maximum atomic E-state index is 11.0. The van der Waals surface area contributed by atoms with Gasteiger partial charge in [0, 0.05) is 6.04 Å². The van der Waals surface area contributed by atoms with Crippen molar-refractivity contribution >= 4 is 5.97 Å². The van der Waals surface area contributed by atoms with Crippen LogP contribution in [0, 0.1) is 0 Å². The Balaban J connectivity index is 1.66. The van der Waals surface area contributed by atoms with Crippen molar-refractivity contribution < 1.29 is 14.6 Å². The molecular weight excluding hydrogens is 266 g/mol. The van der Waals surface area contributed by atoms with E-state index in [1.54, 1.807) is 0 Å². The van der Waals surface area contributed by atoms with E-state index in [-0.39, 0.29) is 6.04 Å². The molecule has 0 aromatic heterocycles. The summed E-state index contributed by atoms with van der Waals surface area (Å²) < 4.78 is 5.74. The van der Waals surface area contributed by atoms with Crippen LogP contribution >= 0.6 is 0 Å². The number of ether oxygens (including phenoxy) is 1. The van der Waals surface area contributed by atoms with E-state index in [0.29, 0.717) is 6.42 Å². The summed E-state index contributed by atoms with van der Waals surface area (Å²) in [4.78, 5) is 11.0. The van der Waals surface area contributed by atoms with Gasteiger partial charge in [0.2, 0.25) is 0 Å². The molecule has 0 aliphatic carbocycles. The van der Waals surface area contributed by atoms with Crippen molar-refractivity contribution in [2.75, 3.05) is 0 Å². The predicted octanol–water partition coefficient (Wildman–Crippen LogP) is 3.36. The quantitative estimate of drug-likeness (QED) is 0.903. The summed E-state index contributed by atoms with van der Waals surface area (Å²) in [7, 11) is 0. The zero-order valence-corrected chi connectivity index (χ0v) is 11.5. The van der Waals surface area contributed by atoms with Crippen LogP contribution in [0.4, 0.5) is 0 Å². The minimum atomic E-state index is -0.776. The van der Waals surface area contributed by atoms with E-state index >= 15 is 0 Å². The third-order valence-electron chi connectivity index (χ3n) is 3.71. The lowest BCUT2D eigenvalue weighted by Gasteiger charge is -2.13. The Morgan fingerprint density at radius 3 is 2.29 bits per heavy atom. The monoisotopic (exact) mass is 283 g/mol. The molecule has 2 N–H and O–H groups in total. The van der Waals surface area contributed by atoms with Crippen LogP contribution in [0.25, 0.3) is 0 Å². The first-order valence-electron chi connectivity index (χ1n) is 7.04. The number of rotatable bonds is 4. The number of carbonyl (C=O) groups is 1. The van der Waals surface area contributed by atoms with Crippen molar-refractivity contribution in [1.29, 1.82) is 0 Å². The summed E-state index contributed by atoms with van der Waals surface area (Å²) in [5.41, 5.74) is 1.10. The molecule has 1 heterocycles. The Labute approximate surface area is 123 Å².